The molecule has 0 N–H and O–H groups in total. The number of benzene rings is 1. The van der Waals surface area contributed by atoms with Gasteiger partial charge in [0.05, 0.1) is 4.90 Å². The Bertz CT molecular complexity index is 695. The van der Waals surface area contributed by atoms with Gasteiger partial charge in [-0.2, -0.15) is 5.26 Å². The Morgan fingerprint density at radius 2 is 1.82 bits per heavy atom. The van der Waals surface area contributed by atoms with Gasteiger partial charge in [-0.15, -0.1) is 0 Å². The van der Waals surface area contributed by atoms with Crippen LogP contribution in [0, 0.1) is 11.3 Å². The van der Waals surface area contributed by atoms with Gasteiger partial charge < -0.3 is 4.90 Å². The number of likely N-dealkylation sites (tertiary alicyclic amines) is 1. The number of piperidine rings is 1. The molecule has 0 unspecified atom stereocenters. The van der Waals surface area contributed by atoms with E-state index in [1.807, 2.05) is 11.0 Å². The first-order valence-electron chi connectivity index (χ1n) is 7.26. The summed E-state index contributed by atoms with van der Waals surface area (Å²) in [5, 5.41) is 9.35. The third-order valence-electron chi connectivity index (χ3n) is 4.05. The van der Waals surface area contributed by atoms with Crippen molar-refractivity contribution >= 4 is 25.8 Å². The lowest BCUT2D eigenvalue weighted by atomic mass is 9.98. The highest BCUT2D eigenvalue weighted by molar-refractivity contribution is 9.10. The lowest BCUT2D eigenvalue weighted by Gasteiger charge is -2.38. The van der Waals surface area contributed by atoms with Crippen molar-refractivity contribution in [2.75, 3.05) is 0 Å². The Morgan fingerprint density at radius 1 is 1.27 bits per heavy atom. The van der Waals surface area contributed by atoms with Crippen LogP contribution in [0.3, 0.4) is 0 Å². The molecule has 1 saturated heterocycles. The maximum atomic E-state index is 12.6. The van der Waals surface area contributed by atoms with Crippen LogP contribution in [0.2, 0.25) is 0 Å². The highest BCUT2D eigenvalue weighted by atomic mass is 79.9. The number of allylic oxidation sites excluding steroid dienone is 1. The molecule has 0 saturated carbocycles. The number of sulfone groups is 1. The average molecular weight is 383 g/mol. The van der Waals surface area contributed by atoms with Crippen LogP contribution < -0.4 is 0 Å². The molecule has 0 spiro atoms. The highest BCUT2D eigenvalue weighted by Gasteiger charge is 2.27. The third-order valence-corrected chi connectivity index (χ3v) is 6.25. The molecule has 118 valence electrons. The minimum atomic E-state index is -3.78. The molecule has 0 aliphatic carbocycles. The summed E-state index contributed by atoms with van der Waals surface area (Å²) >= 11 is 3.28. The molecular weight excluding hydrogens is 364 g/mol. The van der Waals surface area contributed by atoms with Crippen LogP contribution in [0.1, 0.15) is 33.1 Å². The quantitative estimate of drug-likeness (QED) is 0.744. The first kappa shape index (κ1) is 17.0. The molecular formula is C16H19BrN2O2S. The first-order valence-corrected chi connectivity index (χ1v) is 9.54. The highest BCUT2D eigenvalue weighted by Crippen LogP contribution is 2.26. The van der Waals surface area contributed by atoms with E-state index in [9.17, 15) is 13.7 Å². The fourth-order valence-corrected chi connectivity index (χ4v) is 4.12. The zero-order valence-corrected chi connectivity index (χ0v) is 15.1. The molecule has 0 bridgehead atoms. The summed E-state index contributed by atoms with van der Waals surface area (Å²) in [6.07, 6.45) is 4.68. The van der Waals surface area contributed by atoms with E-state index in [4.69, 9.17) is 0 Å². The Labute approximate surface area is 140 Å². The van der Waals surface area contributed by atoms with Gasteiger partial charge in [0.15, 0.2) is 4.91 Å². The van der Waals surface area contributed by atoms with Crippen molar-refractivity contribution in [2.45, 2.75) is 50.1 Å². The van der Waals surface area contributed by atoms with Gasteiger partial charge in [0.1, 0.15) is 6.07 Å². The van der Waals surface area contributed by atoms with E-state index in [-0.39, 0.29) is 21.9 Å². The molecule has 0 radical (unpaired) electrons. The van der Waals surface area contributed by atoms with Crippen LogP contribution in [0.15, 0.2) is 44.7 Å². The molecule has 2 rings (SSSR count). The second-order valence-electron chi connectivity index (χ2n) is 5.64. The van der Waals surface area contributed by atoms with Crippen molar-refractivity contribution in [1.29, 1.82) is 5.26 Å². The number of hydrogen-bond acceptors (Lipinski definition) is 4. The second kappa shape index (κ2) is 6.84. The Hall–Kier alpha value is -1.32. The molecule has 1 fully saturated rings. The summed E-state index contributed by atoms with van der Waals surface area (Å²) in [6, 6.07) is 8.69. The van der Waals surface area contributed by atoms with Crippen molar-refractivity contribution < 1.29 is 8.42 Å². The second-order valence-corrected chi connectivity index (χ2v) is 8.47. The van der Waals surface area contributed by atoms with Crippen LogP contribution in [0.25, 0.3) is 0 Å². The fourth-order valence-electron chi connectivity index (χ4n) is 2.73. The summed E-state index contributed by atoms with van der Waals surface area (Å²) in [7, 11) is -3.78. The molecule has 1 aromatic carbocycles. The van der Waals surface area contributed by atoms with Crippen molar-refractivity contribution in [3.05, 3.63) is 39.8 Å². The maximum absolute atomic E-state index is 12.6. The van der Waals surface area contributed by atoms with Crippen LogP contribution >= 0.6 is 15.9 Å². The zero-order chi connectivity index (χ0) is 16.3. The standard InChI is InChI=1S/C16H19BrN2O2S/c1-12-4-3-5-13(2)19(12)11-16(10-18)22(20,21)15-8-6-14(17)7-9-15/h6-9,11-13H,3-5H2,1-2H3/t12-,13-/m1/s1. The SMILES string of the molecule is C[C@@H]1CCC[C@@H](C)N1C=C(C#N)S(=O)(=O)c1ccc(Br)cc1. The summed E-state index contributed by atoms with van der Waals surface area (Å²) in [4.78, 5) is 1.94. The Kier molecular flexibility index (Phi) is 5.30. The van der Waals surface area contributed by atoms with Crippen molar-refractivity contribution in [3.63, 3.8) is 0 Å². The van der Waals surface area contributed by atoms with Crippen LogP contribution in [0.4, 0.5) is 0 Å². The molecule has 1 aliphatic heterocycles. The molecule has 1 aromatic rings. The normalized spacial score (nSPS) is 23.2. The van der Waals surface area contributed by atoms with E-state index in [1.54, 1.807) is 12.1 Å². The van der Waals surface area contributed by atoms with Crippen LogP contribution in [-0.4, -0.2) is 25.4 Å². The number of nitrogens with zero attached hydrogens (tertiary/aromatic N) is 2. The van der Waals surface area contributed by atoms with Gasteiger partial charge >= 0.3 is 0 Å². The van der Waals surface area contributed by atoms with Crippen molar-refractivity contribution in [3.8, 4) is 6.07 Å². The summed E-state index contributed by atoms with van der Waals surface area (Å²) in [6.45, 7) is 4.13. The van der Waals surface area contributed by atoms with Gasteiger partial charge in [0, 0.05) is 22.8 Å². The molecule has 1 aliphatic rings. The molecule has 0 amide bonds. The summed E-state index contributed by atoms with van der Waals surface area (Å²) in [5.74, 6) is 0. The van der Waals surface area contributed by atoms with Gasteiger partial charge in [0.25, 0.3) is 0 Å². The Morgan fingerprint density at radius 3 is 2.32 bits per heavy atom. The fraction of sp³-hybridized carbons (Fsp3) is 0.438. The zero-order valence-electron chi connectivity index (χ0n) is 12.7. The smallest absolute Gasteiger partial charge is 0.218 e. The van der Waals surface area contributed by atoms with E-state index < -0.39 is 9.84 Å². The van der Waals surface area contributed by atoms with Gasteiger partial charge in [0.2, 0.25) is 9.84 Å². The van der Waals surface area contributed by atoms with Crippen LogP contribution in [0.5, 0.6) is 0 Å². The Balaban J connectivity index is 2.40. The largest absolute Gasteiger partial charge is 0.370 e. The third kappa shape index (κ3) is 3.53. The first-order chi connectivity index (χ1) is 10.4. The number of rotatable bonds is 3. The molecule has 4 nitrogen and oxygen atoms in total. The number of hydrogen-bond donors (Lipinski definition) is 0. The molecule has 0 aromatic heterocycles. The summed E-state index contributed by atoms with van der Waals surface area (Å²) in [5.41, 5.74) is 0. The average Bonchev–Trinajstić information content (AvgIpc) is 2.47. The molecule has 1 heterocycles. The van der Waals surface area contributed by atoms with E-state index in [1.165, 1.54) is 18.3 Å². The monoisotopic (exact) mass is 382 g/mol. The molecule has 22 heavy (non-hydrogen) atoms. The predicted molar refractivity (Wildman–Crippen MR) is 89.6 cm³/mol. The van der Waals surface area contributed by atoms with Crippen LogP contribution in [-0.2, 0) is 9.84 Å². The predicted octanol–water partition coefficient (Wildman–Crippen LogP) is 3.85. The molecule has 2 atom stereocenters. The van der Waals surface area contributed by atoms with Gasteiger partial charge in [-0.05, 0) is 57.4 Å². The maximum Gasteiger partial charge on any atom is 0.218 e. The van der Waals surface area contributed by atoms with Crippen molar-refractivity contribution in [1.82, 2.24) is 4.90 Å². The topological polar surface area (TPSA) is 61.2 Å². The van der Waals surface area contributed by atoms with E-state index in [2.05, 4.69) is 29.8 Å². The lowest BCUT2D eigenvalue weighted by molar-refractivity contribution is 0.164. The number of halogens is 1. The van der Waals surface area contributed by atoms with Gasteiger partial charge in [-0.3, -0.25) is 0 Å². The number of nitriles is 1. The molecule has 6 heteroatoms. The van der Waals surface area contributed by atoms with Gasteiger partial charge in [-0.25, -0.2) is 8.42 Å². The van der Waals surface area contributed by atoms with Crippen molar-refractivity contribution in [2.24, 2.45) is 0 Å². The van der Waals surface area contributed by atoms with Gasteiger partial charge in [-0.1, -0.05) is 15.9 Å². The lowest BCUT2D eigenvalue weighted by Crippen LogP contribution is -2.40. The minimum Gasteiger partial charge on any atom is -0.370 e. The van der Waals surface area contributed by atoms with E-state index >= 15 is 0 Å². The minimum absolute atomic E-state index is 0.140. The summed E-state index contributed by atoms with van der Waals surface area (Å²) < 4.78 is 26.1. The van der Waals surface area contributed by atoms with E-state index in [0.717, 1.165) is 23.7 Å². The van der Waals surface area contributed by atoms with E-state index in [0.29, 0.717) is 0 Å².